The van der Waals surface area contributed by atoms with Crippen molar-refractivity contribution in [3.8, 4) is 0 Å². The third-order valence-electron chi connectivity index (χ3n) is 2.59. The van der Waals surface area contributed by atoms with Crippen LogP contribution in [-0.2, 0) is 40.9 Å². The largest absolute Gasteiger partial charge is 0.497 e. The molecule has 1 aliphatic rings. The zero-order valence-electron chi connectivity index (χ0n) is 12.0. The second-order valence-corrected chi connectivity index (χ2v) is 8.89. The molecule has 24 heavy (non-hydrogen) atoms. The van der Waals surface area contributed by atoms with Gasteiger partial charge in [-0.2, -0.15) is 8.62 Å². The normalized spacial score (nSPS) is 35.1. The van der Waals surface area contributed by atoms with Crippen LogP contribution in [0.2, 0.25) is 0 Å². The first-order valence-electron chi connectivity index (χ1n) is 5.88. The summed E-state index contributed by atoms with van der Waals surface area (Å²) in [7, 11) is -14.8. The minimum atomic E-state index is -5.56. The fraction of sp³-hybridized carbons (Fsp3) is 1.00. The van der Waals surface area contributed by atoms with E-state index < -0.39 is 54.6 Å². The van der Waals surface area contributed by atoms with E-state index >= 15 is 0 Å². The Balaban J connectivity index is 2.65. The lowest BCUT2D eigenvalue weighted by molar-refractivity contribution is -0.0346. The predicted molar refractivity (Wildman–Crippen MR) is 72.5 cm³/mol. The maximum absolute atomic E-state index is 11.6. The minimum absolute atomic E-state index is 0.749. The van der Waals surface area contributed by atoms with Gasteiger partial charge in [0.25, 0.3) is 0 Å². The molecule has 1 rings (SSSR count). The van der Waals surface area contributed by atoms with Crippen LogP contribution in [0.3, 0.4) is 0 Å². The lowest BCUT2D eigenvalue weighted by atomic mass is 10.1. The number of hydrogen-bond acceptors (Lipinski definition) is 12. The molecule has 18 heteroatoms. The van der Waals surface area contributed by atoms with Crippen molar-refractivity contribution < 1.29 is 60.7 Å². The van der Waals surface area contributed by atoms with E-state index in [1.165, 1.54) is 7.11 Å². The van der Waals surface area contributed by atoms with Crippen molar-refractivity contribution in [1.82, 2.24) is 0 Å². The first-order chi connectivity index (χ1) is 10.8. The Bertz CT molecular complexity index is 572. The van der Waals surface area contributed by atoms with Gasteiger partial charge in [-0.3, -0.25) is 4.52 Å². The molecule has 0 saturated carbocycles. The Morgan fingerprint density at radius 3 is 2.12 bits per heavy atom. The van der Waals surface area contributed by atoms with Gasteiger partial charge in [-0.1, -0.05) is 0 Å². The van der Waals surface area contributed by atoms with Gasteiger partial charge >= 0.3 is 23.5 Å². The number of phosphoric acid groups is 3. The van der Waals surface area contributed by atoms with Crippen LogP contribution in [0.15, 0.2) is 0 Å². The monoisotopic (exact) mass is 418 g/mol. The van der Waals surface area contributed by atoms with Gasteiger partial charge in [-0.15, -0.1) is 0 Å². The smallest absolute Gasteiger partial charge is 0.386 e. The topological polar surface area (TPSA) is 240 Å². The zero-order valence-corrected chi connectivity index (χ0v) is 14.7. The second-order valence-electron chi connectivity index (χ2n) is 4.30. The van der Waals surface area contributed by atoms with Gasteiger partial charge in [0.15, 0.2) is 0 Å². The third kappa shape index (κ3) is 6.50. The Hall–Kier alpha value is 0.210. The van der Waals surface area contributed by atoms with Crippen molar-refractivity contribution in [2.24, 2.45) is 11.6 Å². The van der Waals surface area contributed by atoms with Crippen LogP contribution < -0.4 is 11.6 Å². The molecule has 1 heterocycles. The quantitative estimate of drug-likeness (QED) is 0.180. The van der Waals surface area contributed by atoms with Crippen LogP contribution in [0.5, 0.6) is 0 Å². The number of aliphatic hydroxyl groups is 1. The van der Waals surface area contributed by atoms with E-state index in [2.05, 4.69) is 23.7 Å². The lowest BCUT2D eigenvalue weighted by Gasteiger charge is -2.20. The maximum Gasteiger partial charge on any atom is 0.497 e. The van der Waals surface area contributed by atoms with Gasteiger partial charge in [0.05, 0.1) is 6.61 Å². The summed E-state index contributed by atoms with van der Waals surface area (Å²) in [6.45, 7) is -0.749. The summed E-state index contributed by atoms with van der Waals surface area (Å²) in [6.07, 6.45) is -4.53. The number of phosphoric ester groups is 1. The highest BCUT2D eigenvalue weighted by Crippen LogP contribution is 2.67. The molecular weight excluding hydrogens is 401 g/mol. The molecular formula is C6H17N2O13P3. The molecule has 4 unspecified atom stereocenters. The molecule has 8 N–H and O–H groups in total. The Morgan fingerprint density at radius 2 is 1.62 bits per heavy atom. The van der Waals surface area contributed by atoms with E-state index in [4.69, 9.17) is 25.0 Å². The Labute approximate surface area is 135 Å². The average molecular weight is 418 g/mol. The van der Waals surface area contributed by atoms with Crippen LogP contribution in [0.25, 0.3) is 0 Å². The third-order valence-corrected chi connectivity index (χ3v) is 6.64. The number of nitrogens with two attached hydrogens (primary N) is 2. The van der Waals surface area contributed by atoms with Gasteiger partial charge in [0.1, 0.15) is 24.5 Å². The van der Waals surface area contributed by atoms with Crippen LogP contribution in [0.4, 0.5) is 0 Å². The summed E-state index contributed by atoms with van der Waals surface area (Å²) in [5.74, 6) is 4.32. The highest BCUT2D eigenvalue weighted by Gasteiger charge is 2.46. The van der Waals surface area contributed by atoms with Gasteiger partial charge in [0.2, 0.25) is 0 Å². The lowest BCUT2D eigenvalue weighted by Crippen LogP contribution is -2.38. The SMILES string of the molecule is CO[C@@H]1C(O)[C@H](N)O[C@@H]1COP(=O)(O)OP(=O)(O)OP(=O)(O)ON. The van der Waals surface area contributed by atoms with Gasteiger partial charge in [0, 0.05) is 7.11 Å². The van der Waals surface area contributed by atoms with Crippen LogP contribution in [0.1, 0.15) is 0 Å². The van der Waals surface area contributed by atoms with Crippen molar-refractivity contribution in [1.29, 1.82) is 0 Å². The molecule has 1 fully saturated rings. The Kier molecular flexibility index (Phi) is 7.67. The van der Waals surface area contributed by atoms with E-state index in [0.29, 0.717) is 0 Å². The standard InChI is InChI=1S/C6H17N2O13P3/c1-16-5-3(18-6(7)4(5)9)2-17-22(10,11)20-24(14,15)21-23(12,13)19-8/h3-6,9H,2,7-8H2,1H3,(H,10,11)(H,12,13)(H,14,15)/t3-,4?,5+,6-/m1/s1. The average Bonchev–Trinajstić information content (AvgIpc) is 2.69. The number of hydrogen-bond donors (Lipinski definition) is 6. The first kappa shape index (κ1) is 22.3. The summed E-state index contributed by atoms with van der Waals surface area (Å²) in [6, 6.07) is 0. The van der Waals surface area contributed by atoms with Gasteiger partial charge in [-0.25, -0.2) is 24.2 Å². The molecule has 1 aliphatic heterocycles. The van der Waals surface area contributed by atoms with Crippen molar-refractivity contribution in [3.63, 3.8) is 0 Å². The molecule has 0 aromatic heterocycles. The molecule has 1 saturated heterocycles. The molecule has 144 valence electrons. The van der Waals surface area contributed by atoms with E-state index in [0.717, 1.165) is 0 Å². The summed E-state index contributed by atoms with van der Waals surface area (Å²) in [5.41, 5.74) is 5.40. The van der Waals surface area contributed by atoms with Crippen molar-refractivity contribution in [2.75, 3.05) is 13.7 Å². The van der Waals surface area contributed by atoms with Gasteiger partial charge < -0.3 is 35.0 Å². The van der Waals surface area contributed by atoms with Crippen molar-refractivity contribution in [2.45, 2.75) is 24.5 Å². The fourth-order valence-corrected chi connectivity index (χ4v) is 4.83. The highest BCUT2D eigenvalue weighted by atomic mass is 31.3. The first-order valence-corrected chi connectivity index (χ1v) is 10.4. The molecule has 0 bridgehead atoms. The molecule has 0 aromatic carbocycles. The van der Waals surface area contributed by atoms with Crippen molar-refractivity contribution >= 4 is 23.5 Å². The Morgan fingerprint density at radius 1 is 1.08 bits per heavy atom. The van der Waals surface area contributed by atoms with Gasteiger partial charge in [-0.05, 0) is 0 Å². The number of aliphatic hydroxyl groups excluding tert-OH is 1. The second kappa shape index (κ2) is 8.27. The van der Waals surface area contributed by atoms with E-state index in [-0.39, 0.29) is 0 Å². The molecule has 0 aliphatic carbocycles. The summed E-state index contributed by atoms with van der Waals surface area (Å²) < 4.78 is 58.8. The van der Waals surface area contributed by atoms with Crippen LogP contribution in [-0.4, -0.2) is 58.0 Å². The molecule has 7 atom stereocenters. The van der Waals surface area contributed by atoms with E-state index in [1.54, 1.807) is 0 Å². The summed E-state index contributed by atoms with van der Waals surface area (Å²) in [4.78, 5) is 27.2. The summed E-state index contributed by atoms with van der Waals surface area (Å²) >= 11 is 0. The molecule has 0 aromatic rings. The van der Waals surface area contributed by atoms with Crippen LogP contribution in [0, 0.1) is 0 Å². The van der Waals surface area contributed by atoms with E-state index in [9.17, 15) is 23.7 Å². The summed E-state index contributed by atoms with van der Waals surface area (Å²) in [5, 5.41) is 9.62. The molecule has 0 radical (unpaired) electrons. The molecule has 0 amide bonds. The number of ether oxygens (including phenoxy) is 2. The minimum Gasteiger partial charge on any atom is -0.386 e. The zero-order chi connectivity index (χ0) is 18.8. The molecule has 0 spiro atoms. The number of methoxy groups -OCH3 is 1. The van der Waals surface area contributed by atoms with Crippen molar-refractivity contribution in [3.05, 3.63) is 0 Å². The predicted octanol–water partition coefficient (Wildman–Crippen LogP) is -1.71. The fourth-order valence-electron chi connectivity index (χ4n) is 1.68. The van der Waals surface area contributed by atoms with Crippen LogP contribution >= 0.6 is 23.5 Å². The maximum atomic E-state index is 11.6. The highest BCUT2D eigenvalue weighted by molar-refractivity contribution is 7.66. The van der Waals surface area contributed by atoms with E-state index in [1.807, 2.05) is 0 Å². The molecule has 15 nitrogen and oxygen atoms in total. The number of rotatable bonds is 9.